The summed E-state index contributed by atoms with van der Waals surface area (Å²) in [5.41, 5.74) is -0.653. The smallest absolute Gasteiger partial charge is 0.326 e. The van der Waals surface area contributed by atoms with E-state index in [1.165, 1.54) is 19.2 Å². The molecule has 1 aliphatic rings. The van der Waals surface area contributed by atoms with Crippen molar-refractivity contribution in [2.45, 2.75) is 18.6 Å². The minimum absolute atomic E-state index is 0.0616. The van der Waals surface area contributed by atoms with Crippen LogP contribution in [0.1, 0.15) is 16.8 Å². The fraction of sp³-hybridized carbons (Fsp3) is 0.385. The van der Waals surface area contributed by atoms with Crippen LogP contribution in [0.15, 0.2) is 18.2 Å². The molecule has 2 atom stereocenters. The average molecular weight is 329 g/mol. The van der Waals surface area contributed by atoms with Crippen molar-refractivity contribution < 1.29 is 24.4 Å². The number of halogens is 1. The number of nitro benzene ring substituents is 1. The molecule has 2 rings (SSSR count). The van der Waals surface area contributed by atoms with Crippen molar-refractivity contribution in [2.75, 3.05) is 13.7 Å². The molecule has 0 aromatic heterocycles. The predicted molar refractivity (Wildman–Crippen MR) is 76.0 cm³/mol. The number of carboxylic acids is 1. The number of aliphatic carboxylic acids is 1. The molecule has 1 aliphatic heterocycles. The van der Waals surface area contributed by atoms with Crippen LogP contribution in [0.2, 0.25) is 5.02 Å². The summed E-state index contributed by atoms with van der Waals surface area (Å²) < 4.78 is 5.09. The van der Waals surface area contributed by atoms with Gasteiger partial charge in [-0.1, -0.05) is 11.6 Å². The van der Waals surface area contributed by atoms with Gasteiger partial charge in [0, 0.05) is 31.2 Å². The number of nitro groups is 1. The molecule has 0 radical (unpaired) electrons. The number of carboxylic acid groups (broad SMARTS) is 1. The first-order valence-corrected chi connectivity index (χ1v) is 6.73. The Morgan fingerprint density at radius 3 is 2.73 bits per heavy atom. The lowest BCUT2D eigenvalue weighted by atomic mass is 10.1. The van der Waals surface area contributed by atoms with Crippen molar-refractivity contribution in [1.29, 1.82) is 0 Å². The van der Waals surface area contributed by atoms with Gasteiger partial charge in [-0.05, 0) is 12.1 Å². The number of hydrogen-bond donors (Lipinski definition) is 1. The van der Waals surface area contributed by atoms with Crippen molar-refractivity contribution in [3.63, 3.8) is 0 Å². The Balaban J connectivity index is 2.39. The van der Waals surface area contributed by atoms with Gasteiger partial charge in [-0.3, -0.25) is 14.9 Å². The summed E-state index contributed by atoms with van der Waals surface area (Å²) in [6, 6.07) is 2.56. The summed E-state index contributed by atoms with van der Waals surface area (Å²) in [5.74, 6) is -1.90. The number of rotatable bonds is 4. The van der Waals surface area contributed by atoms with Gasteiger partial charge in [0.15, 0.2) is 0 Å². The second-order valence-corrected chi connectivity index (χ2v) is 5.26. The average Bonchev–Trinajstić information content (AvgIpc) is 2.91. The number of ether oxygens (including phenoxy) is 1. The highest BCUT2D eigenvalue weighted by Crippen LogP contribution is 2.28. The van der Waals surface area contributed by atoms with E-state index in [1.807, 2.05) is 0 Å². The molecular formula is C13H13ClN2O6. The van der Waals surface area contributed by atoms with Crippen LogP contribution in [-0.2, 0) is 9.53 Å². The summed E-state index contributed by atoms with van der Waals surface area (Å²) in [5, 5.41) is 20.4. The van der Waals surface area contributed by atoms with Gasteiger partial charge < -0.3 is 14.7 Å². The topological polar surface area (TPSA) is 110 Å². The summed E-state index contributed by atoms with van der Waals surface area (Å²) in [4.78, 5) is 35.2. The lowest BCUT2D eigenvalue weighted by molar-refractivity contribution is -0.385. The quantitative estimate of drug-likeness (QED) is 0.663. The van der Waals surface area contributed by atoms with Gasteiger partial charge in [-0.15, -0.1) is 0 Å². The van der Waals surface area contributed by atoms with Gasteiger partial charge in [0.2, 0.25) is 0 Å². The Morgan fingerprint density at radius 2 is 2.18 bits per heavy atom. The van der Waals surface area contributed by atoms with Crippen molar-refractivity contribution in [3.8, 4) is 0 Å². The molecule has 0 aliphatic carbocycles. The van der Waals surface area contributed by atoms with Crippen LogP contribution < -0.4 is 0 Å². The van der Waals surface area contributed by atoms with Crippen molar-refractivity contribution in [2.24, 2.45) is 0 Å². The first kappa shape index (κ1) is 16.2. The molecule has 0 bridgehead atoms. The van der Waals surface area contributed by atoms with Gasteiger partial charge in [-0.2, -0.15) is 0 Å². The zero-order valence-corrected chi connectivity index (χ0v) is 12.3. The largest absolute Gasteiger partial charge is 0.480 e. The van der Waals surface area contributed by atoms with E-state index < -0.39 is 34.6 Å². The van der Waals surface area contributed by atoms with Crippen molar-refractivity contribution in [1.82, 2.24) is 4.90 Å². The number of amides is 1. The monoisotopic (exact) mass is 328 g/mol. The second-order valence-electron chi connectivity index (χ2n) is 4.82. The molecule has 1 saturated heterocycles. The van der Waals surface area contributed by atoms with E-state index in [0.717, 1.165) is 11.0 Å². The maximum absolute atomic E-state index is 12.5. The third-order valence-corrected chi connectivity index (χ3v) is 3.76. The van der Waals surface area contributed by atoms with Crippen LogP contribution in [-0.4, -0.2) is 52.6 Å². The number of benzene rings is 1. The molecule has 0 saturated carbocycles. The lowest BCUT2D eigenvalue weighted by Gasteiger charge is -2.21. The van der Waals surface area contributed by atoms with E-state index in [9.17, 15) is 24.8 Å². The number of likely N-dealkylation sites (tertiary alicyclic amines) is 1. The molecule has 8 nitrogen and oxygen atoms in total. The molecule has 22 heavy (non-hydrogen) atoms. The third-order valence-electron chi connectivity index (χ3n) is 3.53. The molecule has 1 fully saturated rings. The number of carbonyl (C=O) groups is 2. The molecule has 1 aromatic carbocycles. The highest BCUT2D eigenvalue weighted by molar-refractivity contribution is 6.31. The van der Waals surface area contributed by atoms with E-state index in [-0.39, 0.29) is 23.6 Å². The Morgan fingerprint density at radius 1 is 1.50 bits per heavy atom. The van der Waals surface area contributed by atoms with Crippen molar-refractivity contribution >= 4 is 29.2 Å². The van der Waals surface area contributed by atoms with E-state index in [0.29, 0.717) is 0 Å². The number of carbonyl (C=O) groups excluding carboxylic acids is 1. The van der Waals surface area contributed by atoms with Crippen LogP contribution in [0, 0.1) is 10.1 Å². The highest BCUT2D eigenvalue weighted by atomic mass is 35.5. The molecule has 9 heteroatoms. The first-order valence-electron chi connectivity index (χ1n) is 6.35. The molecule has 1 N–H and O–H groups in total. The van der Waals surface area contributed by atoms with Gasteiger partial charge >= 0.3 is 5.97 Å². The Kier molecular flexibility index (Phi) is 4.62. The fourth-order valence-corrected chi connectivity index (χ4v) is 2.58. The predicted octanol–water partition coefficient (Wildman–Crippen LogP) is 1.56. The highest BCUT2D eigenvalue weighted by Gasteiger charge is 2.41. The van der Waals surface area contributed by atoms with Gasteiger partial charge in [0.05, 0.1) is 11.0 Å². The van der Waals surface area contributed by atoms with Crippen LogP contribution >= 0.6 is 11.6 Å². The van der Waals surface area contributed by atoms with Crippen LogP contribution in [0.4, 0.5) is 5.69 Å². The molecule has 0 spiro atoms. The van der Waals surface area contributed by atoms with Crippen LogP contribution in [0.3, 0.4) is 0 Å². The zero-order chi connectivity index (χ0) is 16.4. The first-order chi connectivity index (χ1) is 10.3. The Hall–Kier alpha value is -2.19. The molecule has 1 amide bonds. The van der Waals surface area contributed by atoms with E-state index in [2.05, 4.69) is 0 Å². The van der Waals surface area contributed by atoms with Gasteiger partial charge in [0.1, 0.15) is 11.6 Å². The lowest BCUT2D eigenvalue weighted by Crippen LogP contribution is -2.40. The van der Waals surface area contributed by atoms with Gasteiger partial charge in [-0.25, -0.2) is 4.79 Å². The third kappa shape index (κ3) is 3.02. The minimum atomic E-state index is -1.18. The second kappa shape index (κ2) is 6.29. The van der Waals surface area contributed by atoms with Crippen LogP contribution in [0.25, 0.3) is 0 Å². The SMILES string of the molecule is COC1CC(C(=O)O)N(C(=O)c2ccc(Cl)cc2[N+](=O)[O-])C1. The standard InChI is InChI=1S/C13H13ClN2O6/c1-22-8-5-11(13(18)19)15(6-8)12(17)9-3-2-7(14)4-10(9)16(20)21/h2-4,8,11H,5-6H2,1H3,(H,18,19). The number of methoxy groups -OCH3 is 1. The summed E-state index contributed by atoms with van der Waals surface area (Å²) in [7, 11) is 1.42. The zero-order valence-electron chi connectivity index (χ0n) is 11.6. The van der Waals surface area contributed by atoms with E-state index in [1.54, 1.807) is 0 Å². The Labute approximate surface area is 130 Å². The summed E-state index contributed by atoms with van der Waals surface area (Å²) in [6.07, 6.45) is -0.282. The molecule has 1 heterocycles. The Bertz CT molecular complexity index is 635. The van der Waals surface area contributed by atoms with Crippen LogP contribution in [0.5, 0.6) is 0 Å². The normalized spacial score (nSPS) is 20.9. The number of nitrogens with zero attached hydrogens (tertiary/aromatic N) is 2. The molecular weight excluding hydrogens is 316 g/mol. The number of hydrogen-bond acceptors (Lipinski definition) is 5. The van der Waals surface area contributed by atoms with E-state index in [4.69, 9.17) is 16.3 Å². The van der Waals surface area contributed by atoms with Crippen molar-refractivity contribution in [3.05, 3.63) is 38.9 Å². The molecule has 118 valence electrons. The van der Waals surface area contributed by atoms with E-state index >= 15 is 0 Å². The maximum Gasteiger partial charge on any atom is 0.326 e. The molecule has 1 aromatic rings. The molecule has 2 unspecified atom stereocenters. The van der Waals surface area contributed by atoms with Gasteiger partial charge in [0.25, 0.3) is 11.6 Å². The maximum atomic E-state index is 12.5. The summed E-state index contributed by atoms with van der Waals surface area (Å²) >= 11 is 5.71. The summed E-state index contributed by atoms with van der Waals surface area (Å²) in [6.45, 7) is 0.0616. The minimum Gasteiger partial charge on any atom is -0.480 e. The fourth-order valence-electron chi connectivity index (χ4n) is 2.42.